The quantitative estimate of drug-likeness (QED) is 0.839. The second kappa shape index (κ2) is 6.81. The highest BCUT2D eigenvalue weighted by Gasteiger charge is 2.30. The second-order valence-electron chi connectivity index (χ2n) is 5.77. The van der Waals surface area contributed by atoms with Gasteiger partial charge in [0.05, 0.1) is 4.90 Å². The Morgan fingerprint density at radius 3 is 2.04 bits per heavy atom. The van der Waals surface area contributed by atoms with Crippen LogP contribution >= 0.6 is 0 Å². The Morgan fingerprint density at radius 2 is 1.48 bits per heavy atom. The first kappa shape index (κ1) is 17.4. The van der Waals surface area contributed by atoms with Crippen LogP contribution in [0.4, 0.5) is 10.1 Å². The summed E-state index contributed by atoms with van der Waals surface area (Å²) in [5.41, 5.74) is 6.71. The Balaban J connectivity index is 1.68. The predicted octanol–water partition coefficient (Wildman–Crippen LogP) is 1.55. The van der Waals surface area contributed by atoms with E-state index in [2.05, 4.69) is 0 Å². The molecule has 2 aromatic rings. The number of piperazine rings is 1. The first-order chi connectivity index (χ1) is 11.9. The minimum absolute atomic E-state index is 0.0483. The third kappa shape index (κ3) is 3.64. The van der Waals surface area contributed by atoms with Crippen LogP contribution in [0.1, 0.15) is 10.4 Å². The number of carbonyl (C=O) groups excluding carboxylic acids is 1. The van der Waals surface area contributed by atoms with Crippen molar-refractivity contribution in [2.75, 3.05) is 31.9 Å². The topological polar surface area (TPSA) is 83.7 Å². The van der Waals surface area contributed by atoms with Gasteiger partial charge in [0.1, 0.15) is 5.82 Å². The first-order valence-electron chi connectivity index (χ1n) is 7.78. The molecular weight excluding hydrogens is 345 g/mol. The summed E-state index contributed by atoms with van der Waals surface area (Å²) >= 11 is 0. The van der Waals surface area contributed by atoms with Crippen molar-refractivity contribution in [1.82, 2.24) is 9.21 Å². The minimum atomic E-state index is -3.69. The van der Waals surface area contributed by atoms with Gasteiger partial charge >= 0.3 is 0 Å². The van der Waals surface area contributed by atoms with Gasteiger partial charge in [-0.15, -0.1) is 0 Å². The number of sulfonamides is 1. The number of carbonyl (C=O) groups is 1. The van der Waals surface area contributed by atoms with Gasteiger partial charge in [-0.3, -0.25) is 4.79 Å². The molecule has 25 heavy (non-hydrogen) atoms. The highest BCUT2D eigenvalue weighted by Crippen LogP contribution is 2.19. The van der Waals surface area contributed by atoms with E-state index in [1.54, 1.807) is 29.2 Å². The van der Waals surface area contributed by atoms with Crippen molar-refractivity contribution >= 4 is 21.6 Å². The van der Waals surface area contributed by atoms with Gasteiger partial charge in [-0.25, -0.2) is 12.8 Å². The van der Waals surface area contributed by atoms with Crippen LogP contribution in [0.15, 0.2) is 53.4 Å². The zero-order valence-electron chi connectivity index (χ0n) is 13.4. The molecule has 1 aliphatic heterocycles. The molecule has 132 valence electrons. The van der Waals surface area contributed by atoms with Gasteiger partial charge in [-0.05, 0) is 48.5 Å². The largest absolute Gasteiger partial charge is 0.399 e. The summed E-state index contributed by atoms with van der Waals surface area (Å²) < 4.78 is 39.4. The van der Waals surface area contributed by atoms with Crippen LogP contribution in [-0.2, 0) is 10.0 Å². The van der Waals surface area contributed by atoms with Gasteiger partial charge in [0, 0.05) is 37.4 Å². The molecule has 0 saturated carbocycles. The standard InChI is InChI=1S/C17H18FN3O3S/c18-14-3-7-16(8-4-14)25(23,24)21-11-9-20(10-12-21)17(22)13-1-5-15(19)6-2-13/h1-8H,9-12,19H2. The molecule has 0 radical (unpaired) electrons. The molecule has 2 N–H and O–H groups in total. The van der Waals surface area contributed by atoms with E-state index in [4.69, 9.17) is 5.73 Å². The van der Waals surface area contributed by atoms with E-state index in [1.165, 1.54) is 16.4 Å². The number of anilines is 1. The van der Waals surface area contributed by atoms with Crippen molar-refractivity contribution in [2.45, 2.75) is 4.90 Å². The first-order valence-corrected chi connectivity index (χ1v) is 9.22. The fourth-order valence-electron chi connectivity index (χ4n) is 2.70. The fourth-order valence-corrected chi connectivity index (χ4v) is 4.12. The van der Waals surface area contributed by atoms with E-state index in [-0.39, 0.29) is 23.9 Å². The van der Waals surface area contributed by atoms with Crippen LogP contribution in [0.25, 0.3) is 0 Å². The van der Waals surface area contributed by atoms with Crippen LogP contribution < -0.4 is 5.73 Å². The van der Waals surface area contributed by atoms with Gasteiger partial charge in [0.25, 0.3) is 5.91 Å². The molecule has 1 saturated heterocycles. The SMILES string of the molecule is Nc1ccc(C(=O)N2CCN(S(=O)(=O)c3ccc(F)cc3)CC2)cc1. The Labute approximate surface area is 145 Å². The highest BCUT2D eigenvalue weighted by atomic mass is 32.2. The molecule has 0 aromatic heterocycles. The van der Waals surface area contributed by atoms with Crippen LogP contribution in [0.3, 0.4) is 0 Å². The molecular formula is C17H18FN3O3S. The molecule has 1 heterocycles. The maximum Gasteiger partial charge on any atom is 0.253 e. The number of benzene rings is 2. The zero-order chi connectivity index (χ0) is 18.0. The highest BCUT2D eigenvalue weighted by molar-refractivity contribution is 7.89. The van der Waals surface area contributed by atoms with Crippen molar-refractivity contribution in [3.05, 3.63) is 59.9 Å². The molecule has 2 aromatic carbocycles. The monoisotopic (exact) mass is 363 g/mol. The molecule has 3 rings (SSSR count). The Bertz CT molecular complexity index is 859. The van der Waals surface area contributed by atoms with Gasteiger partial charge in [-0.1, -0.05) is 0 Å². The van der Waals surface area contributed by atoms with Crippen LogP contribution in [-0.4, -0.2) is 49.7 Å². The average molecular weight is 363 g/mol. The number of halogens is 1. The molecule has 1 fully saturated rings. The summed E-state index contributed by atoms with van der Waals surface area (Å²) in [5.74, 6) is -0.642. The Morgan fingerprint density at radius 1 is 0.920 bits per heavy atom. The normalized spacial score (nSPS) is 16.0. The molecule has 0 unspecified atom stereocenters. The van der Waals surface area contributed by atoms with Crippen LogP contribution in [0.2, 0.25) is 0 Å². The number of hydrogen-bond acceptors (Lipinski definition) is 4. The van der Waals surface area contributed by atoms with Crippen molar-refractivity contribution in [3.63, 3.8) is 0 Å². The smallest absolute Gasteiger partial charge is 0.253 e. The Kier molecular flexibility index (Phi) is 4.73. The number of amides is 1. The zero-order valence-corrected chi connectivity index (χ0v) is 14.2. The molecule has 0 spiro atoms. The third-order valence-electron chi connectivity index (χ3n) is 4.13. The molecule has 0 bridgehead atoms. The summed E-state index contributed by atoms with van der Waals surface area (Å²) in [5, 5.41) is 0. The molecule has 0 aliphatic carbocycles. The fraction of sp³-hybridized carbons (Fsp3) is 0.235. The molecule has 0 atom stereocenters. The number of nitrogens with two attached hydrogens (primary N) is 1. The van der Waals surface area contributed by atoms with Crippen molar-refractivity contribution < 1.29 is 17.6 Å². The minimum Gasteiger partial charge on any atom is -0.399 e. The maximum atomic E-state index is 13.0. The Hall–Kier alpha value is -2.45. The van der Waals surface area contributed by atoms with Gasteiger partial charge < -0.3 is 10.6 Å². The maximum absolute atomic E-state index is 13.0. The van der Waals surface area contributed by atoms with Crippen molar-refractivity contribution in [2.24, 2.45) is 0 Å². The summed E-state index contributed by atoms with van der Waals surface area (Å²) in [6, 6.07) is 11.3. The van der Waals surface area contributed by atoms with Crippen LogP contribution in [0, 0.1) is 5.82 Å². The number of hydrogen-bond donors (Lipinski definition) is 1. The average Bonchev–Trinajstić information content (AvgIpc) is 2.62. The van der Waals surface area contributed by atoms with E-state index in [1.807, 2.05) is 0 Å². The van der Waals surface area contributed by atoms with Crippen LogP contribution in [0.5, 0.6) is 0 Å². The van der Waals surface area contributed by atoms with Gasteiger partial charge in [0.2, 0.25) is 10.0 Å². The number of rotatable bonds is 3. The summed E-state index contributed by atoms with van der Waals surface area (Å²) in [6.45, 7) is 0.980. The summed E-state index contributed by atoms with van der Waals surface area (Å²) in [4.78, 5) is 14.1. The van der Waals surface area contributed by atoms with E-state index >= 15 is 0 Å². The second-order valence-corrected chi connectivity index (χ2v) is 7.71. The van der Waals surface area contributed by atoms with E-state index in [0.29, 0.717) is 24.3 Å². The molecule has 8 heteroatoms. The summed E-state index contributed by atoms with van der Waals surface area (Å²) in [6.07, 6.45) is 0. The molecule has 1 aliphatic rings. The molecule has 6 nitrogen and oxygen atoms in total. The lowest BCUT2D eigenvalue weighted by atomic mass is 10.1. The number of nitrogen functional groups attached to an aromatic ring is 1. The lowest BCUT2D eigenvalue weighted by Gasteiger charge is -2.34. The third-order valence-corrected chi connectivity index (χ3v) is 6.05. The number of nitrogens with zero attached hydrogens (tertiary/aromatic N) is 2. The van der Waals surface area contributed by atoms with Gasteiger partial charge in [0.15, 0.2) is 0 Å². The van der Waals surface area contributed by atoms with Crippen molar-refractivity contribution in [1.29, 1.82) is 0 Å². The van der Waals surface area contributed by atoms with E-state index < -0.39 is 15.8 Å². The van der Waals surface area contributed by atoms with Crippen molar-refractivity contribution in [3.8, 4) is 0 Å². The lowest BCUT2D eigenvalue weighted by molar-refractivity contribution is 0.0698. The van der Waals surface area contributed by atoms with E-state index in [0.717, 1.165) is 12.1 Å². The lowest BCUT2D eigenvalue weighted by Crippen LogP contribution is -2.50. The van der Waals surface area contributed by atoms with Gasteiger partial charge in [-0.2, -0.15) is 4.31 Å². The predicted molar refractivity (Wildman–Crippen MR) is 91.9 cm³/mol. The molecule has 1 amide bonds. The summed E-state index contributed by atoms with van der Waals surface area (Å²) in [7, 11) is -3.69. The van der Waals surface area contributed by atoms with E-state index in [9.17, 15) is 17.6 Å².